The highest BCUT2D eigenvalue weighted by Crippen LogP contribution is 2.40. The predicted molar refractivity (Wildman–Crippen MR) is 191 cm³/mol. The van der Waals surface area contributed by atoms with Gasteiger partial charge in [-0.3, -0.25) is 0 Å². The van der Waals surface area contributed by atoms with E-state index >= 15 is 4.39 Å². The van der Waals surface area contributed by atoms with Crippen LogP contribution in [-0.4, -0.2) is 73.4 Å². The average Bonchev–Trinajstić information content (AvgIpc) is 3.62. The third-order valence-electron chi connectivity index (χ3n) is 10.1. The summed E-state index contributed by atoms with van der Waals surface area (Å²) in [5, 5.41) is 3.88. The molecule has 3 aromatic rings. The summed E-state index contributed by atoms with van der Waals surface area (Å²) in [6.45, 7) is 20.1. The van der Waals surface area contributed by atoms with Crippen LogP contribution < -0.4 is 5.32 Å². The van der Waals surface area contributed by atoms with Gasteiger partial charge in [0.05, 0.1) is 17.8 Å². The van der Waals surface area contributed by atoms with Gasteiger partial charge in [0.25, 0.3) is 0 Å². The molecule has 0 radical (unpaired) electrons. The molecular weight excluding hydrogens is 643 g/mol. The second-order valence-electron chi connectivity index (χ2n) is 16.1. The van der Waals surface area contributed by atoms with Crippen molar-refractivity contribution in [1.82, 2.24) is 19.8 Å². The highest BCUT2D eigenvalue weighted by molar-refractivity contribution is 6.74. The summed E-state index contributed by atoms with van der Waals surface area (Å²) in [4.78, 5) is 20.1. The second kappa shape index (κ2) is 15.0. The first-order valence-corrected chi connectivity index (χ1v) is 20.4. The quantitative estimate of drug-likeness (QED) is 0.216. The van der Waals surface area contributed by atoms with Crippen LogP contribution in [0.4, 0.5) is 13.6 Å². The molecule has 1 aromatic heterocycles. The van der Waals surface area contributed by atoms with Crippen molar-refractivity contribution in [2.45, 2.75) is 96.8 Å². The van der Waals surface area contributed by atoms with Gasteiger partial charge in [0.2, 0.25) is 0 Å². The second-order valence-corrected chi connectivity index (χ2v) is 20.9. The summed E-state index contributed by atoms with van der Waals surface area (Å²) < 4.78 is 50.0. The van der Waals surface area contributed by atoms with Crippen LogP contribution in [0.5, 0.6) is 0 Å². The van der Waals surface area contributed by atoms with Gasteiger partial charge in [-0.15, -0.1) is 0 Å². The number of carbonyl (C=O) groups excluding carboxylic acids is 1. The molecule has 11 heteroatoms. The lowest BCUT2D eigenvalue weighted by Crippen LogP contribution is -2.47. The van der Waals surface area contributed by atoms with Crippen LogP contribution in [-0.2, 0) is 20.4 Å². The lowest BCUT2D eigenvalue weighted by Gasteiger charge is -2.40. The number of halogens is 2. The van der Waals surface area contributed by atoms with Gasteiger partial charge in [-0.25, -0.2) is 18.6 Å². The van der Waals surface area contributed by atoms with E-state index in [4.69, 9.17) is 18.9 Å². The van der Waals surface area contributed by atoms with Gasteiger partial charge in [-0.05, 0) is 81.4 Å². The lowest BCUT2D eigenvalue weighted by atomic mass is 9.90. The van der Waals surface area contributed by atoms with E-state index in [0.717, 1.165) is 36.4 Å². The molecule has 0 bridgehead atoms. The highest BCUT2D eigenvalue weighted by Gasteiger charge is 2.45. The molecule has 0 unspecified atom stereocenters. The Morgan fingerprint density at radius 2 is 1.73 bits per heavy atom. The molecule has 0 spiro atoms. The van der Waals surface area contributed by atoms with Crippen LogP contribution in [0.1, 0.15) is 71.8 Å². The summed E-state index contributed by atoms with van der Waals surface area (Å²) >= 11 is 0. The number of likely N-dealkylation sites (tertiary alicyclic amines) is 1. The van der Waals surface area contributed by atoms with Crippen molar-refractivity contribution in [2.24, 2.45) is 11.8 Å². The molecule has 3 atom stereocenters. The van der Waals surface area contributed by atoms with Gasteiger partial charge in [0.15, 0.2) is 8.32 Å². The first-order chi connectivity index (χ1) is 23.0. The van der Waals surface area contributed by atoms with Crippen molar-refractivity contribution >= 4 is 14.4 Å². The molecule has 1 N–H and O–H groups in total. The first kappa shape index (κ1) is 37.1. The van der Waals surface area contributed by atoms with Crippen LogP contribution in [0.2, 0.25) is 18.1 Å². The van der Waals surface area contributed by atoms with Crippen LogP contribution >= 0.6 is 0 Å². The van der Waals surface area contributed by atoms with Gasteiger partial charge < -0.3 is 28.7 Å². The van der Waals surface area contributed by atoms with Gasteiger partial charge in [0.1, 0.15) is 23.1 Å². The lowest BCUT2D eigenvalue weighted by molar-refractivity contribution is 0.0272. The molecule has 0 aliphatic carbocycles. The summed E-state index contributed by atoms with van der Waals surface area (Å²) in [6, 6.07) is 13.3. The van der Waals surface area contributed by atoms with E-state index < -0.39 is 25.6 Å². The Bertz CT molecular complexity index is 1560. The third-order valence-corrected chi connectivity index (χ3v) is 14.6. The number of aromatic nitrogens is 2. The van der Waals surface area contributed by atoms with Crippen molar-refractivity contribution < 1.29 is 27.5 Å². The molecule has 2 saturated heterocycles. The first-order valence-electron chi connectivity index (χ1n) is 17.5. The zero-order valence-electron chi connectivity index (χ0n) is 30.4. The smallest absolute Gasteiger partial charge is 0.410 e. The minimum absolute atomic E-state index is 0.000272. The topological polar surface area (TPSA) is 77.9 Å². The normalized spacial score (nSPS) is 20.1. The fourth-order valence-electron chi connectivity index (χ4n) is 6.41. The van der Waals surface area contributed by atoms with Gasteiger partial charge in [-0.2, -0.15) is 0 Å². The van der Waals surface area contributed by atoms with Crippen molar-refractivity contribution in [3.63, 3.8) is 0 Å². The Kier molecular flexibility index (Phi) is 11.4. The molecule has 2 aliphatic rings. The SMILES string of the molecule is CC(C)(C)OC(=O)N1C[C@H](CN[C@@H](c2nc(-c3cc(F)ccc3F)cn2Cc2ccccc2)C2CCOCC2)[C@@H](O[Si](C)(C)C(C)(C)C)C1. The van der Waals surface area contributed by atoms with Crippen LogP contribution in [0.3, 0.4) is 0 Å². The van der Waals surface area contributed by atoms with Gasteiger partial charge in [-0.1, -0.05) is 51.1 Å². The number of ether oxygens (including phenoxy) is 2. The van der Waals surface area contributed by atoms with E-state index in [2.05, 4.69) is 55.9 Å². The third kappa shape index (κ3) is 9.36. The van der Waals surface area contributed by atoms with E-state index in [1.807, 2.05) is 45.2 Å². The molecule has 49 heavy (non-hydrogen) atoms. The number of imidazole rings is 1. The van der Waals surface area contributed by atoms with Crippen molar-refractivity contribution in [3.05, 3.63) is 77.8 Å². The van der Waals surface area contributed by atoms with Crippen molar-refractivity contribution in [1.29, 1.82) is 0 Å². The van der Waals surface area contributed by atoms with Crippen molar-refractivity contribution in [2.75, 3.05) is 32.8 Å². The molecule has 5 rings (SSSR count). The largest absolute Gasteiger partial charge is 0.444 e. The molecule has 2 fully saturated rings. The monoisotopic (exact) mass is 696 g/mol. The number of carbonyl (C=O) groups is 1. The standard InChI is InChI=1S/C38H54F2N4O4Si/c1-37(2,3)47-36(45)44-23-28(33(25-44)48-49(7,8)38(4,5)6)21-41-34(27-16-18-46-19-17-27)35-42-32(30-20-29(39)14-15-31(30)40)24-43(35)22-26-12-10-9-11-13-26/h9-15,20,24,27-28,33-34,41H,16-19,21-23,25H2,1-8H3/t28-,33-,34+/m0/s1. The molecule has 8 nitrogen and oxygen atoms in total. The van der Waals surface area contributed by atoms with E-state index in [0.29, 0.717) is 45.1 Å². The summed E-state index contributed by atoms with van der Waals surface area (Å²) in [5.74, 6) is -0.0798. The fourth-order valence-corrected chi connectivity index (χ4v) is 7.78. The highest BCUT2D eigenvalue weighted by atomic mass is 28.4. The molecule has 2 aromatic carbocycles. The number of hydrogen-bond donors (Lipinski definition) is 1. The van der Waals surface area contributed by atoms with Crippen LogP contribution in [0.25, 0.3) is 11.3 Å². The van der Waals surface area contributed by atoms with E-state index in [9.17, 15) is 9.18 Å². The van der Waals surface area contributed by atoms with Gasteiger partial charge in [0, 0.05) is 57.1 Å². The molecule has 1 amide bonds. The number of nitrogens with zero attached hydrogens (tertiary/aromatic N) is 3. The Morgan fingerprint density at radius 3 is 2.39 bits per heavy atom. The number of amides is 1. The molecule has 268 valence electrons. The van der Waals surface area contributed by atoms with Crippen LogP contribution in [0, 0.1) is 23.5 Å². The molecule has 2 aliphatic heterocycles. The number of benzene rings is 2. The summed E-state index contributed by atoms with van der Waals surface area (Å²) in [5.41, 5.74) is 0.986. The van der Waals surface area contributed by atoms with Crippen molar-refractivity contribution in [3.8, 4) is 11.3 Å². The summed E-state index contributed by atoms with van der Waals surface area (Å²) in [7, 11) is -2.18. The molecular formula is C38H54F2N4O4Si. The number of nitrogens with one attached hydrogen (secondary N) is 1. The Balaban J connectivity index is 1.49. The minimum atomic E-state index is -2.18. The Morgan fingerprint density at radius 1 is 1.04 bits per heavy atom. The van der Waals surface area contributed by atoms with E-state index in [-0.39, 0.29) is 40.7 Å². The minimum Gasteiger partial charge on any atom is -0.444 e. The molecule has 3 heterocycles. The van der Waals surface area contributed by atoms with E-state index in [1.54, 1.807) is 4.90 Å². The molecule has 0 saturated carbocycles. The maximum Gasteiger partial charge on any atom is 0.410 e. The summed E-state index contributed by atoms with van der Waals surface area (Å²) in [6.07, 6.45) is 2.99. The average molecular weight is 697 g/mol. The van der Waals surface area contributed by atoms with Crippen LogP contribution in [0.15, 0.2) is 54.7 Å². The maximum atomic E-state index is 15.1. The fraction of sp³-hybridized carbons (Fsp3) is 0.579. The zero-order chi connectivity index (χ0) is 35.6. The Hall–Kier alpha value is -3.12. The van der Waals surface area contributed by atoms with E-state index in [1.165, 1.54) is 6.07 Å². The van der Waals surface area contributed by atoms with Gasteiger partial charge >= 0.3 is 6.09 Å². The number of hydrogen-bond acceptors (Lipinski definition) is 6. The Labute approximate surface area is 291 Å². The maximum absolute atomic E-state index is 15.1. The zero-order valence-corrected chi connectivity index (χ0v) is 31.4. The predicted octanol–water partition coefficient (Wildman–Crippen LogP) is 8.19. The number of rotatable bonds is 10.